The van der Waals surface area contributed by atoms with Crippen molar-refractivity contribution in [3.63, 3.8) is 0 Å². The molecule has 12 nitrogen and oxygen atoms in total. The van der Waals surface area contributed by atoms with Crippen molar-refractivity contribution in [2.75, 3.05) is 33.8 Å². The molecule has 0 spiro atoms. The van der Waals surface area contributed by atoms with Crippen molar-refractivity contribution in [3.8, 4) is 12.3 Å². The van der Waals surface area contributed by atoms with Gasteiger partial charge in [-0.05, 0) is 5.92 Å². The number of rotatable bonds is 11. The maximum atomic E-state index is 12.6. The van der Waals surface area contributed by atoms with Crippen molar-refractivity contribution in [3.05, 3.63) is 0 Å². The summed E-state index contributed by atoms with van der Waals surface area (Å²) in [6, 6.07) is 0. The summed E-state index contributed by atoms with van der Waals surface area (Å²) in [5.74, 6) is -1.08. The van der Waals surface area contributed by atoms with E-state index in [1.54, 1.807) is 0 Å². The Balaban J connectivity index is 0.0000122. The average Bonchev–Trinajstić information content (AvgIpc) is 2.69. The number of carbonyl (C=O) groups excluding carboxylic acids is 5. The molecule has 1 fully saturated rings. The fourth-order valence-electron chi connectivity index (χ4n) is 3.45. The van der Waals surface area contributed by atoms with Crippen molar-refractivity contribution in [2.45, 2.75) is 71.2 Å². The second-order valence-electron chi connectivity index (χ2n) is 8.68. The SMILES string of the molecule is C#CC[N+](C)(C)CCCC(=O)OC1O[C@H](COC(C)=O)[C@@H](OC(C)=O)[C@H](OC(C)=O)[C@H]1OC(C)=O.[Br-]. The summed E-state index contributed by atoms with van der Waals surface area (Å²) in [6.45, 7) is 5.13. The topological polar surface area (TPSA) is 141 Å². The molecule has 0 saturated carbocycles. The van der Waals surface area contributed by atoms with Gasteiger partial charge in [0.05, 0.1) is 27.1 Å². The lowest BCUT2D eigenvalue weighted by atomic mass is 9.98. The quantitative estimate of drug-likeness (QED) is 0.108. The minimum atomic E-state index is -1.53. The summed E-state index contributed by atoms with van der Waals surface area (Å²) >= 11 is 0. The average molecular weight is 580 g/mol. The Kier molecular flexibility index (Phi) is 14.3. The van der Waals surface area contributed by atoms with Crippen LogP contribution in [-0.4, -0.2) is 98.8 Å². The third kappa shape index (κ3) is 11.8. The van der Waals surface area contributed by atoms with Gasteiger partial charge < -0.3 is 49.9 Å². The normalized spacial score (nSPS) is 23.2. The predicted molar refractivity (Wildman–Crippen MR) is 118 cm³/mol. The number of hydrogen-bond acceptors (Lipinski definition) is 11. The van der Waals surface area contributed by atoms with Crippen LogP contribution in [0.15, 0.2) is 0 Å². The molecule has 1 aliphatic heterocycles. The molecule has 0 bridgehead atoms. The zero-order valence-corrected chi connectivity index (χ0v) is 22.9. The number of halogens is 1. The van der Waals surface area contributed by atoms with Crippen LogP contribution < -0.4 is 17.0 Å². The maximum absolute atomic E-state index is 12.6. The third-order valence-corrected chi connectivity index (χ3v) is 4.86. The molecule has 1 unspecified atom stereocenters. The van der Waals surface area contributed by atoms with Gasteiger partial charge in [-0.15, -0.1) is 6.42 Å². The first-order chi connectivity index (χ1) is 16.3. The van der Waals surface area contributed by atoms with Gasteiger partial charge in [0.25, 0.3) is 0 Å². The Labute approximate surface area is 221 Å². The molecule has 1 rings (SSSR count). The van der Waals surface area contributed by atoms with Gasteiger partial charge in [-0.3, -0.25) is 24.0 Å². The molecule has 5 atom stereocenters. The van der Waals surface area contributed by atoms with Gasteiger partial charge in [-0.2, -0.15) is 0 Å². The molecule has 204 valence electrons. The molecule has 0 amide bonds. The minimum Gasteiger partial charge on any atom is -1.00 e. The summed E-state index contributed by atoms with van der Waals surface area (Å²) in [5.41, 5.74) is 0. The molecule has 0 aliphatic carbocycles. The van der Waals surface area contributed by atoms with E-state index in [1.807, 2.05) is 14.1 Å². The monoisotopic (exact) mass is 579 g/mol. The third-order valence-electron chi connectivity index (χ3n) is 4.86. The van der Waals surface area contributed by atoms with E-state index in [2.05, 4.69) is 5.92 Å². The molecular formula is C23H34BrNO11. The van der Waals surface area contributed by atoms with Gasteiger partial charge in [0, 0.05) is 34.1 Å². The number of hydrogen-bond donors (Lipinski definition) is 0. The van der Waals surface area contributed by atoms with Gasteiger partial charge >= 0.3 is 29.8 Å². The lowest BCUT2D eigenvalue weighted by Gasteiger charge is -2.43. The molecule has 1 saturated heterocycles. The van der Waals surface area contributed by atoms with Crippen LogP contribution in [0.4, 0.5) is 0 Å². The second-order valence-corrected chi connectivity index (χ2v) is 8.68. The lowest BCUT2D eigenvalue weighted by Crippen LogP contribution is -3.00. The Bertz CT molecular complexity index is 838. The summed E-state index contributed by atoms with van der Waals surface area (Å²) in [6.07, 6.45) is -1.10. The van der Waals surface area contributed by atoms with E-state index in [4.69, 9.17) is 34.8 Å². The molecule has 0 N–H and O–H groups in total. The van der Waals surface area contributed by atoms with Crippen LogP contribution >= 0.6 is 0 Å². The lowest BCUT2D eigenvalue weighted by molar-refractivity contribution is -0.883. The van der Waals surface area contributed by atoms with Crippen LogP contribution in [0.5, 0.6) is 0 Å². The highest BCUT2D eigenvalue weighted by atomic mass is 79.9. The van der Waals surface area contributed by atoms with Crippen molar-refractivity contribution in [1.29, 1.82) is 0 Å². The molecule has 0 aromatic rings. The van der Waals surface area contributed by atoms with Crippen LogP contribution in [0, 0.1) is 12.3 Å². The highest BCUT2D eigenvalue weighted by Crippen LogP contribution is 2.30. The van der Waals surface area contributed by atoms with E-state index in [9.17, 15) is 24.0 Å². The minimum absolute atomic E-state index is 0. The van der Waals surface area contributed by atoms with Crippen LogP contribution in [0.25, 0.3) is 0 Å². The molecule has 0 radical (unpaired) electrons. The standard InChI is InChI=1S/C23H34NO11.BrH/c1-8-11-24(6,7)12-9-10-19(29)35-23-22(33-17(5)28)21(32-16(4)27)20(31-15(3)26)18(34-23)13-30-14(2)25;/h1,18,20-23H,9-13H2,2-7H3;1H/q+1;/p-1/t18-,20-,21+,22-,23?;/m1./s1. The van der Waals surface area contributed by atoms with Crippen LogP contribution in [0.2, 0.25) is 0 Å². The smallest absolute Gasteiger partial charge is 0.308 e. The van der Waals surface area contributed by atoms with Crippen molar-refractivity contribution < 1.29 is 73.9 Å². The van der Waals surface area contributed by atoms with E-state index in [1.165, 1.54) is 0 Å². The Hall–Kier alpha value is -2.69. The molecule has 36 heavy (non-hydrogen) atoms. The van der Waals surface area contributed by atoms with Crippen molar-refractivity contribution in [1.82, 2.24) is 0 Å². The van der Waals surface area contributed by atoms with E-state index < -0.39 is 67.2 Å². The Morgan fingerprint density at radius 3 is 1.86 bits per heavy atom. The number of quaternary nitrogens is 1. The summed E-state index contributed by atoms with van der Waals surface area (Å²) in [4.78, 5) is 59.3. The van der Waals surface area contributed by atoms with Gasteiger partial charge in [0.15, 0.2) is 12.2 Å². The van der Waals surface area contributed by atoms with Gasteiger partial charge in [-0.1, -0.05) is 0 Å². The maximum Gasteiger partial charge on any atom is 0.308 e. The Morgan fingerprint density at radius 1 is 0.833 bits per heavy atom. The van der Waals surface area contributed by atoms with Gasteiger partial charge in [0.2, 0.25) is 12.4 Å². The molecule has 0 aromatic heterocycles. The number of esters is 5. The summed E-state index contributed by atoms with van der Waals surface area (Å²) in [5, 5.41) is 0. The molecule has 1 aliphatic rings. The van der Waals surface area contributed by atoms with Gasteiger partial charge in [0.1, 0.15) is 19.3 Å². The molecule has 0 aromatic carbocycles. The van der Waals surface area contributed by atoms with E-state index in [0.717, 1.165) is 27.7 Å². The van der Waals surface area contributed by atoms with E-state index >= 15 is 0 Å². The number of carbonyl (C=O) groups is 5. The fraction of sp³-hybridized carbons (Fsp3) is 0.696. The summed E-state index contributed by atoms with van der Waals surface area (Å²) < 4.78 is 32.4. The molecule has 13 heteroatoms. The first kappa shape index (κ1) is 33.3. The number of nitrogens with zero attached hydrogens (tertiary/aromatic N) is 1. The van der Waals surface area contributed by atoms with Crippen molar-refractivity contribution >= 4 is 29.8 Å². The first-order valence-corrected chi connectivity index (χ1v) is 11.0. The predicted octanol–water partition coefficient (Wildman–Crippen LogP) is -2.89. The zero-order chi connectivity index (χ0) is 26.8. The van der Waals surface area contributed by atoms with Gasteiger partial charge in [-0.25, -0.2) is 0 Å². The zero-order valence-electron chi connectivity index (χ0n) is 21.3. The number of terminal acetylenes is 1. The van der Waals surface area contributed by atoms with Crippen LogP contribution in [0.3, 0.4) is 0 Å². The molecule has 1 heterocycles. The summed E-state index contributed by atoms with van der Waals surface area (Å²) in [7, 11) is 3.84. The fourth-order valence-corrected chi connectivity index (χ4v) is 3.45. The number of ether oxygens (including phenoxy) is 6. The molecular weight excluding hydrogens is 546 g/mol. The first-order valence-electron chi connectivity index (χ1n) is 11.0. The van der Waals surface area contributed by atoms with Crippen molar-refractivity contribution in [2.24, 2.45) is 0 Å². The second kappa shape index (κ2) is 15.4. The van der Waals surface area contributed by atoms with E-state index in [-0.39, 0.29) is 23.4 Å². The Morgan fingerprint density at radius 2 is 1.36 bits per heavy atom. The highest BCUT2D eigenvalue weighted by molar-refractivity contribution is 5.70. The van der Waals surface area contributed by atoms with Crippen LogP contribution in [0.1, 0.15) is 40.5 Å². The van der Waals surface area contributed by atoms with Crippen LogP contribution in [-0.2, 0) is 52.4 Å². The highest BCUT2D eigenvalue weighted by Gasteiger charge is 2.53. The largest absolute Gasteiger partial charge is 1.00 e. The van der Waals surface area contributed by atoms with E-state index in [0.29, 0.717) is 24.0 Å².